The van der Waals surface area contributed by atoms with Crippen LogP contribution in [0, 0.1) is 17.3 Å². The van der Waals surface area contributed by atoms with Crippen molar-refractivity contribution in [3.8, 4) is 0 Å². The Balaban J connectivity index is 1.38. The summed E-state index contributed by atoms with van der Waals surface area (Å²) in [6.45, 7) is 6.97. The number of benzene rings is 1. The lowest BCUT2D eigenvalue weighted by atomic mass is 9.61. The summed E-state index contributed by atoms with van der Waals surface area (Å²) < 4.78 is 5.95. The first kappa shape index (κ1) is 17.9. The van der Waals surface area contributed by atoms with Crippen LogP contribution in [0.15, 0.2) is 47.6 Å². The third kappa shape index (κ3) is 2.69. The Morgan fingerprint density at radius 1 is 1.21 bits per heavy atom. The number of quaternary nitrogens is 1. The van der Waals surface area contributed by atoms with Gasteiger partial charge in [-0.25, -0.2) is 0 Å². The Bertz CT molecular complexity index is 914. The van der Waals surface area contributed by atoms with Crippen LogP contribution in [0.1, 0.15) is 37.8 Å². The smallest absolute Gasteiger partial charge is 0.315 e. The van der Waals surface area contributed by atoms with E-state index in [1.807, 2.05) is 13.0 Å². The number of rotatable bonds is 2. The molecule has 0 aromatic heterocycles. The van der Waals surface area contributed by atoms with Crippen LogP contribution in [0.3, 0.4) is 0 Å². The quantitative estimate of drug-likeness (QED) is 0.802. The number of ketones is 1. The molecule has 1 unspecified atom stereocenters. The van der Waals surface area contributed by atoms with Crippen LogP contribution < -0.4 is 4.90 Å². The van der Waals surface area contributed by atoms with E-state index in [1.165, 1.54) is 16.0 Å². The molecule has 2 aliphatic carbocycles. The lowest BCUT2D eigenvalue weighted by molar-refractivity contribution is -0.918. The van der Waals surface area contributed by atoms with Crippen molar-refractivity contribution in [2.75, 3.05) is 13.1 Å². The zero-order chi connectivity index (χ0) is 19.5. The van der Waals surface area contributed by atoms with Crippen LogP contribution in [0.4, 0.5) is 0 Å². The maximum atomic E-state index is 12.9. The van der Waals surface area contributed by atoms with Crippen molar-refractivity contribution in [1.29, 1.82) is 0 Å². The van der Waals surface area contributed by atoms with E-state index in [-0.39, 0.29) is 35.1 Å². The number of esters is 1. The summed E-state index contributed by atoms with van der Waals surface area (Å²) in [6.07, 6.45) is 6.54. The highest BCUT2D eigenvalue weighted by atomic mass is 16.6. The van der Waals surface area contributed by atoms with Gasteiger partial charge in [-0.3, -0.25) is 9.59 Å². The Morgan fingerprint density at radius 3 is 2.82 bits per heavy atom. The van der Waals surface area contributed by atoms with Gasteiger partial charge in [0.15, 0.2) is 5.78 Å². The van der Waals surface area contributed by atoms with Crippen LogP contribution in [0.5, 0.6) is 0 Å². The molecule has 1 saturated heterocycles. The van der Waals surface area contributed by atoms with E-state index < -0.39 is 0 Å². The Labute approximate surface area is 166 Å². The van der Waals surface area contributed by atoms with Gasteiger partial charge >= 0.3 is 5.97 Å². The SMILES string of the molecule is CC1=C2[C@H]3OC(=O)[C@@H](C[NH+]4CCc5ccccc5C4)[C@@H]3CC[C@@]2(C)C=CC1=O. The molecular formula is C24H28NO3+. The van der Waals surface area contributed by atoms with Gasteiger partial charge in [-0.1, -0.05) is 37.3 Å². The Kier molecular flexibility index (Phi) is 4.09. The number of hydrogen-bond acceptors (Lipinski definition) is 3. The molecule has 2 aliphatic heterocycles. The first-order valence-electron chi connectivity index (χ1n) is 10.5. The number of allylic oxidation sites excluding steroid dienone is 3. The van der Waals surface area contributed by atoms with Crippen molar-refractivity contribution in [3.63, 3.8) is 0 Å². The van der Waals surface area contributed by atoms with Gasteiger partial charge in [0.1, 0.15) is 18.6 Å². The number of ether oxygens (including phenoxy) is 1. The predicted octanol–water partition coefficient (Wildman–Crippen LogP) is 2.04. The fourth-order valence-corrected chi connectivity index (χ4v) is 5.93. The van der Waals surface area contributed by atoms with Gasteiger partial charge in [0.2, 0.25) is 0 Å². The molecule has 2 heterocycles. The number of hydrogen-bond donors (Lipinski definition) is 1. The molecule has 0 amide bonds. The van der Waals surface area contributed by atoms with Gasteiger partial charge in [0.25, 0.3) is 0 Å². The van der Waals surface area contributed by atoms with Gasteiger partial charge in [-0.05, 0) is 37.0 Å². The third-order valence-corrected chi connectivity index (χ3v) is 7.54. The van der Waals surface area contributed by atoms with Gasteiger partial charge in [0.05, 0.1) is 13.1 Å². The molecule has 4 nitrogen and oxygen atoms in total. The molecule has 1 aromatic carbocycles. The zero-order valence-corrected chi connectivity index (χ0v) is 16.7. The van der Waals surface area contributed by atoms with Gasteiger partial charge in [0, 0.05) is 28.9 Å². The summed E-state index contributed by atoms with van der Waals surface area (Å²) in [5, 5.41) is 0. The first-order valence-corrected chi connectivity index (χ1v) is 10.5. The molecule has 1 aromatic rings. The van der Waals surface area contributed by atoms with E-state index in [0.717, 1.165) is 50.0 Å². The summed E-state index contributed by atoms with van der Waals surface area (Å²) in [6, 6.07) is 8.64. The molecule has 146 valence electrons. The van der Waals surface area contributed by atoms with Crippen LogP contribution in [0.25, 0.3) is 0 Å². The number of fused-ring (bicyclic) bond motifs is 4. The molecule has 0 radical (unpaired) electrons. The summed E-state index contributed by atoms with van der Waals surface area (Å²) in [5.41, 5.74) is 4.55. The summed E-state index contributed by atoms with van der Waals surface area (Å²) in [7, 11) is 0. The minimum atomic E-state index is -0.221. The highest BCUT2D eigenvalue weighted by Gasteiger charge is 2.55. The third-order valence-electron chi connectivity index (χ3n) is 7.54. The monoisotopic (exact) mass is 378 g/mol. The van der Waals surface area contributed by atoms with E-state index >= 15 is 0 Å². The molecule has 4 aliphatic rings. The number of carbonyl (C=O) groups excluding carboxylic acids is 2. The molecule has 28 heavy (non-hydrogen) atoms. The van der Waals surface area contributed by atoms with Crippen LogP contribution in [0.2, 0.25) is 0 Å². The van der Waals surface area contributed by atoms with Crippen molar-refractivity contribution < 1.29 is 19.2 Å². The topological polar surface area (TPSA) is 47.8 Å². The van der Waals surface area contributed by atoms with E-state index in [0.29, 0.717) is 0 Å². The molecule has 0 spiro atoms. The lowest BCUT2D eigenvalue weighted by Crippen LogP contribution is -3.12. The molecular weight excluding hydrogens is 350 g/mol. The summed E-state index contributed by atoms with van der Waals surface area (Å²) in [5.74, 6) is 0.143. The molecule has 4 heteroatoms. The second-order valence-corrected chi connectivity index (χ2v) is 9.22. The van der Waals surface area contributed by atoms with Crippen molar-refractivity contribution in [2.45, 2.75) is 45.8 Å². The second kappa shape index (κ2) is 6.41. The summed E-state index contributed by atoms with van der Waals surface area (Å²) in [4.78, 5) is 26.6. The predicted molar refractivity (Wildman–Crippen MR) is 106 cm³/mol. The van der Waals surface area contributed by atoms with Crippen molar-refractivity contribution in [1.82, 2.24) is 0 Å². The minimum absolute atomic E-state index is 0.0591. The van der Waals surface area contributed by atoms with Gasteiger partial charge in [-0.15, -0.1) is 0 Å². The lowest BCUT2D eigenvalue weighted by Gasteiger charge is -2.43. The van der Waals surface area contributed by atoms with E-state index in [9.17, 15) is 9.59 Å². The van der Waals surface area contributed by atoms with E-state index in [4.69, 9.17) is 4.74 Å². The Hall–Kier alpha value is -2.20. The minimum Gasteiger partial charge on any atom is -0.457 e. The zero-order valence-electron chi connectivity index (χ0n) is 16.7. The van der Waals surface area contributed by atoms with E-state index in [1.54, 1.807) is 6.08 Å². The largest absolute Gasteiger partial charge is 0.457 e. The highest BCUT2D eigenvalue weighted by Crippen LogP contribution is 2.52. The average molecular weight is 378 g/mol. The van der Waals surface area contributed by atoms with Crippen LogP contribution in [-0.4, -0.2) is 30.9 Å². The van der Waals surface area contributed by atoms with Crippen LogP contribution >= 0.6 is 0 Å². The maximum Gasteiger partial charge on any atom is 0.315 e. The average Bonchev–Trinajstić information content (AvgIpc) is 3.00. The standard InChI is InChI=1S/C24H27NO3/c1-15-20(26)8-11-24(2)10-7-18-19(23(27)28-22(18)21(15)24)14-25-12-9-16-5-3-4-6-17(16)13-25/h3-6,8,11,18-19,22H,7,9-10,12-14H2,1-2H3/p+1/t18-,19-,22-,24-/m0/s1. The number of carbonyl (C=O) groups is 2. The molecule has 5 rings (SSSR count). The normalized spacial score (nSPS) is 36.6. The second-order valence-electron chi connectivity index (χ2n) is 9.22. The summed E-state index contributed by atoms with van der Waals surface area (Å²) >= 11 is 0. The molecule has 1 saturated carbocycles. The molecule has 1 N–H and O–H groups in total. The fraction of sp³-hybridized carbons (Fsp3) is 0.500. The molecule has 5 atom stereocenters. The van der Waals surface area contributed by atoms with Crippen molar-refractivity contribution in [2.24, 2.45) is 17.3 Å². The first-order chi connectivity index (χ1) is 13.5. The maximum absolute atomic E-state index is 12.9. The van der Waals surface area contributed by atoms with Gasteiger partial charge < -0.3 is 9.64 Å². The number of nitrogens with one attached hydrogen (secondary N) is 1. The highest BCUT2D eigenvalue weighted by molar-refractivity contribution is 6.05. The fourth-order valence-electron chi connectivity index (χ4n) is 5.93. The van der Waals surface area contributed by atoms with E-state index in [2.05, 4.69) is 31.2 Å². The molecule has 0 bridgehead atoms. The van der Waals surface area contributed by atoms with Gasteiger partial charge in [-0.2, -0.15) is 0 Å². The Morgan fingerprint density at radius 2 is 2.00 bits per heavy atom. The molecule has 2 fully saturated rings. The van der Waals surface area contributed by atoms with Crippen molar-refractivity contribution in [3.05, 3.63) is 58.7 Å². The van der Waals surface area contributed by atoms with Crippen LogP contribution in [-0.2, 0) is 27.3 Å². The van der Waals surface area contributed by atoms with Crippen molar-refractivity contribution >= 4 is 11.8 Å².